The van der Waals surface area contributed by atoms with E-state index in [9.17, 15) is 14.0 Å². The van der Waals surface area contributed by atoms with Crippen LogP contribution in [0, 0.1) is 12.7 Å². The summed E-state index contributed by atoms with van der Waals surface area (Å²) in [7, 11) is 0. The molecule has 160 valence electrons. The molecule has 3 aromatic carbocycles. The van der Waals surface area contributed by atoms with Crippen LogP contribution in [0.25, 0.3) is 11.0 Å². The van der Waals surface area contributed by atoms with Crippen molar-refractivity contribution in [2.75, 3.05) is 0 Å². The van der Waals surface area contributed by atoms with Crippen LogP contribution in [0.3, 0.4) is 0 Å². The highest BCUT2D eigenvalue weighted by Gasteiger charge is 2.42. The molecule has 0 saturated heterocycles. The molecule has 4 nitrogen and oxygen atoms in total. The molecule has 1 aliphatic rings. The lowest BCUT2D eigenvalue weighted by Crippen LogP contribution is -2.29. The number of hydrogen-bond donors (Lipinski definition) is 0. The molecule has 1 atom stereocenters. The Hall–Kier alpha value is -3.15. The minimum absolute atomic E-state index is 0.0442. The first-order valence-electron chi connectivity index (χ1n) is 9.91. The van der Waals surface area contributed by atoms with Gasteiger partial charge in [-0.05, 0) is 48.4 Å². The number of carbonyl (C=O) groups is 1. The molecule has 5 rings (SSSR count). The van der Waals surface area contributed by atoms with E-state index in [1.54, 1.807) is 23.1 Å². The van der Waals surface area contributed by atoms with E-state index in [0.29, 0.717) is 15.6 Å². The monoisotopic (exact) mass is 467 g/mol. The molecule has 0 bridgehead atoms. The summed E-state index contributed by atoms with van der Waals surface area (Å²) in [5.74, 6) is -1.02. The molecule has 7 heteroatoms. The highest BCUT2D eigenvalue weighted by molar-refractivity contribution is 6.42. The SMILES string of the molecule is Cc1ccc(CN2C(=O)c3oc4ccc(F)cc4c(=O)c3C2c2ccc(Cl)c(Cl)c2)cc1. The molecule has 0 radical (unpaired) electrons. The molecule has 1 unspecified atom stereocenters. The zero-order valence-corrected chi connectivity index (χ0v) is 18.4. The van der Waals surface area contributed by atoms with Crippen molar-refractivity contribution in [3.05, 3.63) is 115 Å². The van der Waals surface area contributed by atoms with Crippen LogP contribution in [0.2, 0.25) is 10.0 Å². The number of benzene rings is 3. The molecular weight excluding hydrogens is 452 g/mol. The average Bonchev–Trinajstić information content (AvgIpc) is 3.04. The van der Waals surface area contributed by atoms with Crippen molar-refractivity contribution in [2.45, 2.75) is 19.5 Å². The first-order valence-corrected chi connectivity index (χ1v) is 10.7. The highest BCUT2D eigenvalue weighted by atomic mass is 35.5. The van der Waals surface area contributed by atoms with E-state index >= 15 is 0 Å². The van der Waals surface area contributed by atoms with Crippen molar-refractivity contribution >= 4 is 40.1 Å². The van der Waals surface area contributed by atoms with Crippen LogP contribution >= 0.6 is 23.2 Å². The Morgan fingerprint density at radius 3 is 2.44 bits per heavy atom. The Morgan fingerprint density at radius 2 is 1.72 bits per heavy atom. The summed E-state index contributed by atoms with van der Waals surface area (Å²) in [6, 6.07) is 15.7. The molecule has 0 saturated carbocycles. The van der Waals surface area contributed by atoms with Gasteiger partial charge in [0.25, 0.3) is 5.91 Å². The molecular formula is C25H16Cl2FNO3. The van der Waals surface area contributed by atoms with E-state index in [4.69, 9.17) is 27.6 Å². The number of amides is 1. The van der Waals surface area contributed by atoms with Crippen molar-refractivity contribution in [3.63, 3.8) is 0 Å². The maximum Gasteiger partial charge on any atom is 0.291 e. The summed E-state index contributed by atoms with van der Waals surface area (Å²) >= 11 is 12.3. The second kappa shape index (κ2) is 7.76. The molecule has 1 aliphatic heterocycles. The fraction of sp³-hybridized carbons (Fsp3) is 0.120. The van der Waals surface area contributed by atoms with Gasteiger partial charge in [-0.25, -0.2) is 4.39 Å². The van der Waals surface area contributed by atoms with Gasteiger partial charge < -0.3 is 9.32 Å². The molecule has 4 aromatic rings. The van der Waals surface area contributed by atoms with Crippen molar-refractivity contribution in [1.82, 2.24) is 4.90 Å². The van der Waals surface area contributed by atoms with Gasteiger partial charge in [-0.15, -0.1) is 0 Å². The number of fused-ring (bicyclic) bond motifs is 2. The molecule has 0 fully saturated rings. The van der Waals surface area contributed by atoms with Crippen molar-refractivity contribution in [1.29, 1.82) is 0 Å². The number of rotatable bonds is 3. The van der Waals surface area contributed by atoms with Gasteiger partial charge in [0.2, 0.25) is 5.76 Å². The molecule has 1 aromatic heterocycles. The predicted molar refractivity (Wildman–Crippen MR) is 122 cm³/mol. The quantitative estimate of drug-likeness (QED) is 0.355. The Kier molecular flexibility index (Phi) is 5.03. The van der Waals surface area contributed by atoms with Crippen LogP contribution in [-0.4, -0.2) is 10.8 Å². The summed E-state index contributed by atoms with van der Waals surface area (Å²) < 4.78 is 19.7. The number of nitrogens with zero attached hydrogens (tertiary/aromatic N) is 1. The maximum absolute atomic E-state index is 13.9. The number of carbonyl (C=O) groups excluding carboxylic acids is 1. The largest absolute Gasteiger partial charge is 0.450 e. The lowest BCUT2D eigenvalue weighted by atomic mass is 9.98. The number of aryl methyl sites for hydroxylation is 1. The summed E-state index contributed by atoms with van der Waals surface area (Å²) in [6.45, 7) is 2.23. The molecule has 32 heavy (non-hydrogen) atoms. The third-order valence-corrected chi connectivity index (χ3v) is 6.40. The second-order valence-electron chi connectivity index (χ2n) is 7.81. The third-order valence-electron chi connectivity index (χ3n) is 5.66. The molecule has 0 spiro atoms. The molecule has 2 heterocycles. The smallest absolute Gasteiger partial charge is 0.291 e. The fourth-order valence-corrected chi connectivity index (χ4v) is 4.38. The van der Waals surface area contributed by atoms with Crippen LogP contribution in [0.5, 0.6) is 0 Å². The summed E-state index contributed by atoms with van der Waals surface area (Å²) in [6.07, 6.45) is 0. The minimum atomic E-state index is -0.752. The van der Waals surface area contributed by atoms with E-state index < -0.39 is 23.2 Å². The highest BCUT2D eigenvalue weighted by Crippen LogP contribution is 2.40. The van der Waals surface area contributed by atoms with Crippen LogP contribution in [0.1, 0.15) is 38.9 Å². The Morgan fingerprint density at radius 1 is 0.969 bits per heavy atom. The van der Waals surface area contributed by atoms with Crippen molar-refractivity contribution in [2.24, 2.45) is 0 Å². The van der Waals surface area contributed by atoms with Crippen LogP contribution < -0.4 is 5.43 Å². The van der Waals surface area contributed by atoms with E-state index in [-0.39, 0.29) is 28.8 Å². The van der Waals surface area contributed by atoms with Gasteiger partial charge in [-0.3, -0.25) is 9.59 Å². The summed E-state index contributed by atoms with van der Waals surface area (Å²) in [5.41, 5.74) is 2.48. The van der Waals surface area contributed by atoms with Crippen molar-refractivity contribution in [3.8, 4) is 0 Å². The van der Waals surface area contributed by atoms with Gasteiger partial charge in [-0.1, -0.05) is 59.1 Å². The van der Waals surface area contributed by atoms with Gasteiger partial charge in [0.15, 0.2) is 5.43 Å². The average molecular weight is 468 g/mol. The van der Waals surface area contributed by atoms with Gasteiger partial charge in [-0.2, -0.15) is 0 Å². The van der Waals surface area contributed by atoms with Gasteiger partial charge in [0.05, 0.1) is 27.0 Å². The lowest BCUT2D eigenvalue weighted by Gasteiger charge is -2.25. The predicted octanol–water partition coefficient (Wildman–Crippen LogP) is 6.29. The Balaban J connectivity index is 1.73. The second-order valence-corrected chi connectivity index (χ2v) is 8.62. The first-order chi connectivity index (χ1) is 15.3. The van der Waals surface area contributed by atoms with Crippen LogP contribution in [0.15, 0.2) is 69.9 Å². The zero-order valence-electron chi connectivity index (χ0n) is 16.9. The van der Waals surface area contributed by atoms with E-state index in [1.807, 2.05) is 31.2 Å². The summed E-state index contributed by atoms with van der Waals surface area (Å²) in [5, 5.41) is 0.744. The van der Waals surface area contributed by atoms with Gasteiger partial charge in [0, 0.05) is 6.54 Å². The minimum Gasteiger partial charge on any atom is -0.450 e. The normalized spacial score (nSPS) is 15.4. The number of halogens is 3. The first kappa shape index (κ1) is 20.7. The number of hydrogen-bond acceptors (Lipinski definition) is 3. The third kappa shape index (κ3) is 3.38. The zero-order chi connectivity index (χ0) is 22.6. The standard InChI is InChI=1S/C25H16Cl2FNO3/c1-13-2-4-14(5-3-13)12-29-22(15-6-8-18(26)19(27)10-15)21-23(30)17-11-16(28)7-9-20(17)32-24(21)25(29)31/h2-11,22H,12H2,1H3. The van der Waals surface area contributed by atoms with Gasteiger partial charge in [0.1, 0.15) is 11.4 Å². The van der Waals surface area contributed by atoms with Crippen LogP contribution in [0.4, 0.5) is 4.39 Å². The maximum atomic E-state index is 13.9. The summed E-state index contributed by atoms with van der Waals surface area (Å²) in [4.78, 5) is 28.4. The van der Waals surface area contributed by atoms with E-state index in [0.717, 1.165) is 17.2 Å². The fourth-order valence-electron chi connectivity index (χ4n) is 4.07. The van der Waals surface area contributed by atoms with E-state index in [1.165, 1.54) is 12.1 Å². The lowest BCUT2D eigenvalue weighted by molar-refractivity contribution is 0.0714. The molecule has 1 amide bonds. The molecule has 0 N–H and O–H groups in total. The van der Waals surface area contributed by atoms with Gasteiger partial charge >= 0.3 is 0 Å². The van der Waals surface area contributed by atoms with Crippen molar-refractivity contribution < 1.29 is 13.6 Å². The Labute approximate surface area is 192 Å². The van der Waals surface area contributed by atoms with Crippen LogP contribution in [-0.2, 0) is 6.54 Å². The topological polar surface area (TPSA) is 50.5 Å². The molecule has 0 aliphatic carbocycles. The van der Waals surface area contributed by atoms with E-state index in [2.05, 4.69) is 0 Å². The Bertz CT molecular complexity index is 1450.